The number of hydrogen-bond donors (Lipinski definition) is 1. The van der Waals surface area contributed by atoms with Gasteiger partial charge in [0.2, 0.25) is 5.91 Å². The molecule has 5 heteroatoms. The molecule has 2 amide bonds. The van der Waals surface area contributed by atoms with Gasteiger partial charge in [-0.25, -0.2) is 9.69 Å². The van der Waals surface area contributed by atoms with E-state index in [4.69, 9.17) is 10.5 Å². The number of rotatable bonds is 5. The van der Waals surface area contributed by atoms with Crippen LogP contribution in [0.5, 0.6) is 0 Å². The van der Waals surface area contributed by atoms with Crippen LogP contribution in [-0.2, 0) is 9.53 Å². The maximum atomic E-state index is 12.1. The summed E-state index contributed by atoms with van der Waals surface area (Å²) in [7, 11) is 0. The molecule has 1 atom stereocenters. The zero-order chi connectivity index (χ0) is 14.3. The lowest BCUT2D eigenvalue weighted by molar-refractivity contribution is -0.133. The number of hydrogen-bond acceptors (Lipinski definition) is 4. The number of carbonyl (C=O) groups is 2. The van der Waals surface area contributed by atoms with E-state index >= 15 is 0 Å². The molecule has 1 saturated carbocycles. The van der Waals surface area contributed by atoms with E-state index in [1.807, 2.05) is 6.92 Å². The fourth-order valence-corrected chi connectivity index (χ4v) is 2.35. The fourth-order valence-electron chi connectivity index (χ4n) is 2.35. The van der Waals surface area contributed by atoms with Crippen molar-refractivity contribution in [3.8, 4) is 0 Å². The Morgan fingerprint density at radius 1 is 1.32 bits per heavy atom. The molecule has 1 fully saturated rings. The maximum absolute atomic E-state index is 12.1. The Morgan fingerprint density at radius 2 is 1.95 bits per heavy atom. The number of imide groups is 1. The summed E-state index contributed by atoms with van der Waals surface area (Å²) in [6.45, 7) is 4.00. The number of nitrogens with two attached hydrogens (primary N) is 1. The molecule has 0 heterocycles. The lowest BCUT2D eigenvalue weighted by Crippen LogP contribution is -2.51. The van der Waals surface area contributed by atoms with Crippen molar-refractivity contribution in [2.75, 3.05) is 6.61 Å². The zero-order valence-electron chi connectivity index (χ0n) is 12.1. The number of nitrogens with zero attached hydrogens (tertiary/aromatic N) is 1. The SMILES string of the molecule is CCCCOC(=O)N(C(=O)[C@H](C)N)C1CCCCC1. The second-order valence-corrected chi connectivity index (χ2v) is 5.26. The van der Waals surface area contributed by atoms with Crippen molar-refractivity contribution in [3.05, 3.63) is 0 Å². The molecule has 0 aromatic rings. The summed E-state index contributed by atoms with van der Waals surface area (Å²) in [5.41, 5.74) is 5.64. The molecule has 1 aliphatic rings. The van der Waals surface area contributed by atoms with Crippen molar-refractivity contribution in [2.24, 2.45) is 5.73 Å². The van der Waals surface area contributed by atoms with Crippen LogP contribution < -0.4 is 5.73 Å². The molecule has 19 heavy (non-hydrogen) atoms. The number of amides is 2. The average molecular weight is 270 g/mol. The van der Waals surface area contributed by atoms with Gasteiger partial charge in [0, 0.05) is 6.04 Å². The van der Waals surface area contributed by atoms with Crippen molar-refractivity contribution in [1.82, 2.24) is 4.90 Å². The molecule has 0 spiro atoms. The largest absolute Gasteiger partial charge is 0.449 e. The van der Waals surface area contributed by atoms with Gasteiger partial charge < -0.3 is 10.5 Å². The van der Waals surface area contributed by atoms with Crippen LogP contribution >= 0.6 is 0 Å². The number of carbonyl (C=O) groups excluding carboxylic acids is 2. The molecule has 0 bridgehead atoms. The normalized spacial score (nSPS) is 17.8. The highest BCUT2D eigenvalue weighted by molar-refractivity contribution is 5.95. The molecule has 0 aromatic heterocycles. The Bertz CT molecular complexity index is 299. The van der Waals surface area contributed by atoms with E-state index in [0.717, 1.165) is 38.5 Å². The van der Waals surface area contributed by atoms with Crippen molar-refractivity contribution in [1.29, 1.82) is 0 Å². The Labute approximate surface area is 115 Å². The van der Waals surface area contributed by atoms with Gasteiger partial charge >= 0.3 is 6.09 Å². The van der Waals surface area contributed by atoms with Crippen LogP contribution in [0, 0.1) is 0 Å². The van der Waals surface area contributed by atoms with Gasteiger partial charge in [0.25, 0.3) is 0 Å². The second-order valence-electron chi connectivity index (χ2n) is 5.26. The standard InChI is InChI=1S/C14H26N2O3/c1-3-4-10-19-14(18)16(13(17)11(2)15)12-8-6-5-7-9-12/h11-12H,3-10,15H2,1-2H3/t11-/m0/s1. The van der Waals surface area contributed by atoms with E-state index in [0.29, 0.717) is 6.61 Å². The third-order valence-electron chi connectivity index (χ3n) is 3.49. The summed E-state index contributed by atoms with van der Waals surface area (Å²) in [6, 6.07) is -0.706. The zero-order valence-corrected chi connectivity index (χ0v) is 12.1. The molecule has 0 saturated heterocycles. The lowest BCUT2D eigenvalue weighted by Gasteiger charge is -2.32. The van der Waals surface area contributed by atoms with Crippen LogP contribution in [0.4, 0.5) is 4.79 Å². The summed E-state index contributed by atoms with van der Waals surface area (Å²) in [4.78, 5) is 25.5. The first-order valence-corrected chi connectivity index (χ1v) is 7.33. The fraction of sp³-hybridized carbons (Fsp3) is 0.857. The van der Waals surface area contributed by atoms with E-state index in [9.17, 15) is 9.59 Å². The van der Waals surface area contributed by atoms with Gasteiger partial charge in [0.15, 0.2) is 0 Å². The molecule has 0 unspecified atom stereocenters. The minimum absolute atomic E-state index is 0.0404. The summed E-state index contributed by atoms with van der Waals surface area (Å²) in [5, 5.41) is 0. The quantitative estimate of drug-likeness (QED) is 0.779. The lowest BCUT2D eigenvalue weighted by atomic mass is 9.94. The molecular formula is C14H26N2O3. The van der Waals surface area contributed by atoms with Gasteiger partial charge in [-0.15, -0.1) is 0 Å². The third-order valence-corrected chi connectivity index (χ3v) is 3.49. The van der Waals surface area contributed by atoms with Crippen molar-refractivity contribution in [2.45, 2.75) is 70.9 Å². The molecule has 0 aliphatic heterocycles. The Balaban J connectivity index is 2.67. The average Bonchev–Trinajstić information content (AvgIpc) is 2.40. The van der Waals surface area contributed by atoms with Gasteiger partial charge in [-0.2, -0.15) is 0 Å². The van der Waals surface area contributed by atoms with Gasteiger partial charge in [-0.05, 0) is 26.2 Å². The van der Waals surface area contributed by atoms with Gasteiger partial charge in [0.1, 0.15) is 0 Å². The Morgan fingerprint density at radius 3 is 2.47 bits per heavy atom. The van der Waals surface area contributed by atoms with Crippen LogP contribution in [0.25, 0.3) is 0 Å². The van der Waals surface area contributed by atoms with E-state index in [1.165, 1.54) is 11.3 Å². The molecule has 0 radical (unpaired) electrons. The van der Waals surface area contributed by atoms with Gasteiger partial charge in [0.05, 0.1) is 12.6 Å². The molecular weight excluding hydrogens is 244 g/mol. The van der Waals surface area contributed by atoms with Crippen LogP contribution in [0.1, 0.15) is 58.8 Å². The first kappa shape index (κ1) is 16.0. The van der Waals surface area contributed by atoms with E-state index < -0.39 is 12.1 Å². The summed E-state index contributed by atoms with van der Waals surface area (Å²) < 4.78 is 5.18. The van der Waals surface area contributed by atoms with Gasteiger partial charge in [-0.1, -0.05) is 32.6 Å². The molecule has 1 rings (SSSR count). The van der Waals surface area contributed by atoms with Crippen molar-refractivity contribution < 1.29 is 14.3 Å². The first-order chi connectivity index (χ1) is 9.07. The molecule has 1 aliphatic carbocycles. The Kier molecular flexibility index (Phi) is 6.84. The predicted molar refractivity (Wildman–Crippen MR) is 73.6 cm³/mol. The van der Waals surface area contributed by atoms with E-state index in [-0.39, 0.29) is 11.9 Å². The second kappa shape index (κ2) is 8.15. The maximum Gasteiger partial charge on any atom is 0.416 e. The van der Waals surface area contributed by atoms with Crippen molar-refractivity contribution >= 4 is 12.0 Å². The Hall–Kier alpha value is -1.10. The van der Waals surface area contributed by atoms with Crippen LogP contribution in [0.3, 0.4) is 0 Å². The molecule has 0 aromatic carbocycles. The predicted octanol–water partition coefficient (Wildman–Crippen LogP) is 2.43. The highest BCUT2D eigenvalue weighted by atomic mass is 16.6. The highest BCUT2D eigenvalue weighted by Gasteiger charge is 2.33. The minimum Gasteiger partial charge on any atom is -0.449 e. The first-order valence-electron chi connectivity index (χ1n) is 7.33. The van der Waals surface area contributed by atoms with Crippen LogP contribution in [0.15, 0.2) is 0 Å². The monoisotopic (exact) mass is 270 g/mol. The highest BCUT2D eigenvalue weighted by Crippen LogP contribution is 2.23. The summed E-state index contributed by atoms with van der Waals surface area (Å²) >= 11 is 0. The minimum atomic E-state index is -0.666. The van der Waals surface area contributed by atoms with E-state index in [2.05, 4.69) is 0 Å². The molecule has 110 valence electrons. The number of unbranched alkanes of at least 4 members (excludes halogenated alkanes) is 1. The van der Waals surface area contributed by atoms with Crippen LogP contribution in [0.2, 0.25) is 0 Å². The smallest absolute Gasteiger partial charge is 0.416 e. The molecule has 5 nitrogen and oxygen atoms in total. The molecule has 2 N–H and O–H groups in total. The van der Waals surface area contributed by atoms with Crippen LogP contribution in [-0.4, -0.2) is 35.6 Å². The third kappa shape index (κ3) is 4.82. The topological polar surface area (TPSA) is 72.6 Å². The van der Waals surface area contributed by atoms with Gasteiger partial charge in [-0.3, -0.25) is 4.79 Å². The number of ether oxygens (including phenoxy) is 1. The summed E-state index contributed by atoms with van der Waals surface area (Å²) in [5.74, 6) is -0.326. The summed E-state index contributed by atoms with van der Waals surface area (Å²) in [6.07, 6.45) is 6.24. The van der Waals surface area contributed by atoms with E-state index in [1.54, 1.807) is 6.92 Å². The van der Waals surface area contributed by atoms with Crippen molar-refractivity contribution in [3.63, 3.8) is 0 Å².